The molecule has 6 nitrogen and oxygen atoms in total. The lowest BCUT2D eigenvalue weighted by Crippen LogP contribution is -2.45. The van der Waals surface area contributed by atoms with Crippen molar-refractivity contribution >= 4 is 5.91 Å². The normalized spacial score (nSPS) is 18.5. The van der Waals surface area contributed by atoms with Gasteiger partial charge in [-0.3, -0.25) is 4.79 Å². The van der Waals surface area contributed by atoms with Gasteiger partial charge in [-0.25, -0.2) is 9.97 Å². The first-order valence-corrected chi connectivity index (χ1v) is 9.34. The SMILES string of the molecule is O=C(NC1CCN(CC2CC2)CC1)c1cnc(Oc2ccccc2)cn1. The van der Waals surface area contributed by atoms with E-state index in [4.69, 9.17) is 4.74 Å². The number of carbonyl (C=O) groups is 1. The summed E-state index contributed by atoms with van der Waals surface area (Å²) in [5.74, 6) is 1.83. The molecule has 6 heteroatoms. The number of likely N-dealkylation sites (tertiary alicyclic amines) is 1. The highest BCUT2D eigenvalue weighted by atomic mass is 16.5. The van der Waals surface area contributed by atoms with Crippen molar-refractivity contribution < 1.29 is 9.53 Å². The Balaban J connectivity index is 1.26. The molecule has 1 saturated heterocycles. The van der Waals surface area contributed by atoms with Gasteiger partial charge >= 0.3 is 0 Å². The van der Waals surface area contributed by atoms with Gasteiger partial charge in [0.2, 0.25) is 5.88 Å². The quantitative estimate of drug-likeness (QED) is 0.866. The van der Waals surface area contributed by atoms with Crippen molar-refractivity contribution in [3.8, 4) is 11.6 Å². The summed E-state index contributed by atoms with van der Waals surface area (Å²) in [6.45, 7) is 3.36. The molecule has 2 aromatic rings. The maximum Gasteiger partial charge on any atom is 0.271 e. The fourth-order valence-electron chi connectivity index (χ4n) is 3.28. The van der Waals surface area contributed by atoms with E-state index >= 15 is 0 Å². The molecule has 0 radical (unpaired) electrons. The molecule has 2 heterocycles. The van der Waals surface area contributed by atoms with Crippen LogP contribution in [0.25, 0.3) is 0 Å². The lowest BCUT2D eigenvalue weighted by atomic mass is 10.0. The smallest absolute Gasteiger partial charge is 0.271 e. The zero-order valence-corrected chi connectivity index (χ0v) is 14.8. The van der Waals surface area contributed by atoms with E-state index in [9.17, 15) is 4.79 Å². The van der Waals surface area contributed by atoms with Gasteiger partial charge < -0.3 is 15.0 Å². The predicted molar refractivity (Wildman–Crippen MR) is 98.2 cm³/mol. The molecule has 1 aliphatic carbocycles. The summed E-state index contributed by atoms with van der Waals surface area (Å²) < 4.78 is 5.60. The van der Waals surface area contributed by atoms with Crippen molar-refractivity contribution in [1.82, 2.24) is 20.2 Å². The van der Waals surface area contributed by atoms with Crippen LogP contribution in [0, 0.1) is 5.92 Å². The summed E-state index contributed by atoms with van der Waals surface area (Å²) in [5.41, 5.74) is 0.325. The molecule has 2 fully saturated rings. The molecule has 4 rings (SSSR count). The third kappa shape index (κ3) is 4.58. The Morgan fingerprint density at radius 3 is 2.50 bits per heavy atom. The molecule has 136 valence electrons. The number of carbonyl (C=O) groups excluding carboxylic acids is 1. The van der Waals surface area contributed by atoms with E-state index < -0.39 is 0 Å². The van der Waals surface area contributed by atoms with Gasteiger partial charge in [0.15, 0.2) is 0 Å². The molecule has 2 aliphatic rings. The van der Waals surface area contributed by atoms with Crippen molar-refractivity contribution in [3.63, 3.8) is 0 Å². The minimum Gasteiger partial charge on any atom is -0.438 e. The molecule has 1 aliphatic heterocycles. The Hall–Kier alpha value is -2.47. The van der Waals surface area contributed by atoms with Crippen molar-refractivity contribution in [2.24, 2.45) is 5.92 Å². The lowest BCUT2D eigenvalue weighted by Gasteiger charge is -2.32. The first kappa shape index (κ1) is 17.0. The fourth-order valence-corrected chi connectivity index (χ4v) is 3.28. The van der Waals surface area contributed by atoms with Crippen LogP contribution in [0.2, 0.25) is 0 Å². The second kappa shape index (κ2) is 7.83. The maximum atomic E-state index is 12.4. The van der Waals surface area contributed by atoms with Crippen LogP contribution in [0.15, 0.2) is 42.7 Å². The van der Waals surface area contributed by atoms with Crippen molar-refractivity contribution in [2.45, 2.75) is 31.7 Å². The van der Waals surface area contributed by atoms with Crippen LogP contribution in [-0.4, -0.2) is 46.5 Å². The highest BCUT2D eigenvalue weighted by Gasteiger charge is 2.27. The average Bonchev–Trinajstić information content (AvgIpc) is 3.49. The minimum atomic E-state index is -0.163. The number of hydrogen-bond donors (Lipinski definition) is 1. The molecular formula is C20H24N4O2. The van der Waals surface area contributed by atoms with E-state index in [2.05, 4.69) is 20.2 Å². The number of aromatic nitrogens is 2. The second-order valence-corrected chi connectivity index (χ2v) is 7.15. The van der Waals surface area contributed by atoms with Crippen LogP contribution < -0.4 is 10.1 Å². The van der Waals surface area contributed by atoms with E-state index in [0.717, 1.165) is 31.8 Å². The van der Waals surface area contributed by atoms with Crippen LogP contribution >= 0.6 is 0 Å². The Bertz CT molecular complexity index is 723. The highest BCUT2D eigenvalue weighted by molar-refractivity contribution is 5.92. The lowest BCUT2D eigenvalue weighted by molar-refractivity contribution is 0.0904. The highest BCUT2D eigenvalue weighted by Crippen LogP contribution is 2.30. The summed E-state index contributed by atoms with van der Waals surface area (Å²) in [6, 6.07) is 9.61. The monoisotopic (exact) mass is 352 g/mol. The summed E-state index contributed by atoms with van der Waals surface area (Å²) >= 11 is 0. The summed E-state index contributed by atoms with van der Waals surface area (Å²) in [5, 5.41) is 3.08. The summed E-state index contributed by atoms with van der Waals surface area (Å²) in [7, 11) is 0. The summed E-state index contributed by atoms with van der Waals surface area (Å²) in [6.07, 6.45) is 7.73. The number of piperidine rings is 1. The van der Waals surface area contributed by atoms with Crippen LogP contribution in [-0.2, 0) is 0 Å². The number of nitrogens with one attached hydrogen (secondary N) is 1. The molecule has 26 heavy (non-hydrogen) atoms. The van der Waals surface area contributed by atoms with Crippen LogP contribution in [0.5, 0.6) is 11.6 Å². The Kier molecular flexibility index (Phi) is 5.11. The molecule has 1 aromatic heterocycles. The van der Waals surface area contributed by atoms with Gasteiger partial charge in [-0.05, 0) is 43.7 Å². The molecule has 0 bridgehead atoms. The predicted octanol–water partition coefficient (Wildman–Crippen LogP) is 2.87. The molecule has 0 atom stereocenters. The third-order valence-electron chi connectivity index (χ3n) is 4.96. The Labute approximate surface area is 153 Å². The average molecular weight is 352 g/mol. The first-order valence-electron chi connectivity index (χ1n) is 9.34. The molecule has 1 N–H and O–H groups in total. The van der Waals surface area contributed by atoms with Gasteiger partial charge in [0.1, 0.15) is 11.4 Å². The van der Waals surface area contributed by atoms with Crippen molar-refractivity contribution in [3.05, 3.63) is 48.4 Å². The number of rotatable bonds is 6. The maximum absolute atomic E-state index is 12.4. The van der Waals surface area contributed by atoms with Gasteiger partial charge in [0.05, 0.1) is 12.4 Å². The first-order chi connectivity index (χ1) is 12.8. The number of benzene rings is 1. The van der Waals surface area contributed by atoms with E-state index in [1.165, 1.54) is 31.8 Å². The van der Waals surface area contributed by atoms with E-state index in [1.807, 2.05) is 30.3 Å². The second-order valence-electron chi connectivity index (χ2n) is 7.15. The fraction of sp³-hybridized carbons (Fsp3) is 0.450. The van der Waals surface area contributed by atoms with Gasteiger partial charge in [0, 0.05) is 25.7 Å². The van der Waals surface area contributed by atoms with Gasteiger partial charge in [0.25, 0.3) is 5.91 Å². The zero-order valence-electron chi connectivity index (χ0n) is 14.8. The minimum absolute atomic E-state index is 0.163. The third-order valence-corrected chi connectivity index (χ3v) is 4.96. The van der Waals surface area contributed by atoms with E-state index in [0.29, 0.717) is 17.3 Å². The van der Waals surface area contributed by atoms with Crippen molar-refractivity contribution in [1.29, 1.82) is 0 Å². The molecule has 1 saturated carbocycles. The van der Waals surface area contributed by atoms with Crippen LogP contribution in [0.1, 0.15) is 36.2 Å². The number of ether oxygens (including phenoxy) is 1. The molecular weight excluding hydrogens is 328 g/mol. The van der Waals surface area contributed by atoms with E-state index in [-0.39, 0.29) is 11.9 Å². The molecule has 1 aromatic carbocycles. The molecule has 1 amide bonds. The largest absolute Gasteiger partial charge is 0.438 e. The standard InChI is InChI=1S/C20H24N4O2/c25-20(23-16-8-10-24(11-9-16)14-15-6-7-15)18-12-22-19(13-21-18)26-17-4-2-1-3-5-17/h1-5,12-13,15-16H,6-11,14H2,(H,23,25). The van der Waals surface area contributed by atoms with Gasteiger partial charge in [-0.15, -0.1) is 0 Å². The Morgan fingerprint density at radius 1 is 1.08 bits per heavy atom. The number of hydrogen-bond acceptors (Lipinski definition) is 5. The number of para-hydroxylation sites is 1. The topological polar surface area (TPSA) is 67.4 Å². The van der Waals surface area contributed by atoms with Gasteiger partial charge in [-0.1, -0.05) is 18.2 Å². The summed E-state index contributed by atoms with van der Waals surface area (Å²) in [4.78, 5) is 23.3. The van der Waals surface area contributed by atoms with Gasteiger partial charge in [-0.2, -0.15) is 0 Å². The Morgan fingerprint density at radius 2 is 1.85 bits per heavy atom. The molecule has 0 spiro atoms. The van der Waals surface area contributed by atoms with E-state index in [1.54, 1.807) is 0 Å². The van der Waals surface area contributed by atoms with Crippen LogP contribution in [0.3, 0.4) is 0 Å². The molecule has 0 unspecified atom stereocenters. The zero-order chi connectivity index (χ0) is 17.8. The van der Waals surface area contributed by atoms with Crippen molar-refractivity contribution in [2.75, 3.05) is 19.6 Å². The number of amides is 1. The number of nitrogens with zero attached hydrogens (tertiary/aromatic N) is 3. The van der Waals surface area contributed by atoms with Crippen LogP contribution in [0.4, 0.5) is 0 Å².